The maximum absolute atomic E-state index is 12.2. The van der Waals surface area contributed by atoms with Crippen molar-refractivity contribution in [1.29, 1.82) is 0 Å². The molecule has 23 heavy (non-hydrogen) atoms. The lowest BCUT2D eigenvalue weighted by atomic mass is 10.1. The molecule has 0 N–H and O–H groups in total. The number of carbonyl (C=O) groups excluding carboxylic acids is 1. The van der Waals surface area contributed by atoms with Gasteiger partial charge in [-0.2, -0.15) is 0 Å². The molecule has 126 valence electrons. The highest BCUT2D eigenvalue weighted by molar-refractivity contribution is 9.10. The van der Waals surface area contributed by atoms with Crippen molar-refractivity contribution in [3.8, 4) is 5.88 Å². The third kappa shape index (κ3) is 4.65. The molecule has 0 saturated carbocycles. The van der Waals surface area contributed by atoms with Gasteiger partial charge in [0.1, 0.15) is 12.2 Å². The lowest BCUT2D eigenvalue weighted by Crippen LogP contribution is -2.27. The number of rotatable bonds is 4. The molecule has 2 fully saturated rings. The van der Waals surface area contributed by atoms with Gasteiger partial charge in [0.15, 0.2) is 0 Å². The van der Waals surface area contributed by atoms with E-state index in [0.29, 0.717) is 42.3 Å². The van der Waals surface area contributed by atoms with Gasteiger partial charge in [-0.15, -0.1) is 0 Å². The Labute approximate surface area is 143 Å². The van der Waals surface area contributed by atoms with E-state index in [1.807, 2.05) is 0 Å². The minimum absolute atomic E-state index is 0.0757. The van der Waals surface area contributed by atoms with E-state index in [2.05, 4.69) is 20.9 Å². The van der Waals surface area contributed by atoms with Gasteiger partial charge in [-0.25, -0.2) is 9.78 Å². The summed E-state index contributed by atoms with van der Waals surface area (Å²) in [6.07, 6.45) is 4.71. The zero-order chi connectivity index (χ0) is 16.1. The van der Waals surface area contributed by atoms with Crippen molar-refractivity contribution in [3.63, 3.8) is 0 Å². The van der Waals surface area contributed by atoms with Gasteiger partial charge < -0.3 is 18.9 Å². The molecule has 2 saturated heterocycles. The van der Waals surface area contributed by atoms with Crippen molar-refractivity contribution >= 4 is 21.9 Å². The molecule has 2 aliphatic rings. The molecular formula is C16H20BrNO5. The molecule has 2 aliphatic heterocycles. The first-order valence-corrected chi connectivity index (χ1v) is 8.70. The lowest BCUT2D eigenvalue weighted by Gasteiger charge is -2.23. The lowest BCUT2D eigenvalue weighted by molar-refractivity contribution is -0.0159. The van der Waals surface area contributed by atoms with Gasteiger partial charge in [-0.3, -0.25) is 0 Å². The summed E-state index contributed by atoms with van der Waals surface area (Å²) < 4.78 is 22.6. The quantitative estimate of drug-likeness (QED) is 0.742. The van der Waals surface area contributed by atoms with Gasteiger partial charge in [-0.1, -0.05) is 0 Å². The summed E-state index contributed by atoms with van der Waals surface area (Å²) in [5, 5.41) is 0. The summed E-state index contributed by atoms with van der Waals surface area (Å²) in [6.45, 7) is 2.69. The maximum atomic E-state index is 12.2. The SMILES string of the molecule is O=C(OC1CCOCC1)c1cnc(OC2CCOCC2)c(Br)c1. The molecule has 7 heteroatoms. The highest BCUT2D eigenvalue weighted by Gasteiger charge is 2.21. The molecule has 0 amide bonds. The van der Waals surface area contributed by atoms with Crippen LogP contribution in [0, 0.1) is 0 Å². The number of hydrogen-bond donors (Lipinski definition) is 0. The fraction of sp³-hybridized carbons (Fsp3) is 0.625. The second-order valence-corrected chi connectivity index (χ2v) is 6.51. The summed E-state index contributed by atoms with van der Waals surface area (Å²) in [5.41, 5.74) is 0.419. The van der Waals surface area contributed by atoms with Crippen molar-refractivity contribution in [3.05, 3.63) is 22.3 Å². The molecule has 6 nitrogen and oxygen atoms in total. The van der Waals surface area contributed by atoms with Crippen molar-refractivity contribution in [1.82, 2.24) is 4.98 Å². The summed E-state index contributed by atoms with van der Waals surface area (Å²) >= 11 is 3.42. The highest BCUT2D eigenvalue weighted by Crippen LogP contribution is 2.26. The standard InChI is InChI=1S/C16H20BrNO5/c17-14-9-11(16(19)23-13-3-7-21-8-4-13)10-18-15(14)22-12-1-5-20-6-2-12/h9-10,12-13H,1-8H2. The van der Waals surface area contributed by atoms with E-state index in [1.54, 1.807) is 6.07 Å². The Bertz CT molecular complexity index is 541. The molecule has 0 spiro atoms. The number of nitrogens with zero attached hydrogens (tertiary/aromatic N) is 1. The molecule has 1 aromatic rings. The van der Waals surface area contributed by atoms with Crippen LogP contribution in [0.5, 0.6) is 5.88 Å². The first-order valence-electron chi connectivity index (χ1n) is 7.91. The van der Waals surface area contributed by atoms with Crippen LogP contribution < -0.4 is 4.74 Å². The summed E-state index contributed by atoms with van der Waals surface area (Å²) in [7, 11) is 0. The van der Waals surface area contributed by atoms with Crippen LogP contribution in [0.2, 0.25) is 0 Å². The number of ether oxygens (including phenoxy) is 4. The number of halogens is 1. The van der Waals surface area contributed by atoms with Crippen molar-refractivity contribution in [2.24, 2.45) is 0 Å². The van der Waals surface area contributed by atoms with E-state index >= 15 is 0 Å². The highest BCUT2D eigenvalue weighted by atomic mass is 79.9. The van der Waals surface area contributed by atoms with Gasteiger partial charge in [0.05, 0.1) is 36.5 Å². The van der Waals surface area contributed by atoms with E-state index in [4.69, 9.17) is 18.9 Å². The Hall–Kier alpha value is -1.18. The van der Waals surface area contributed by atoms with Crippen LogP contribution in [0.4, 0.5) is 0 Å². The Morgan fingerprint density at radius 2 is 1.70 bits per heavy atom. The topological polar surface area (TPSA) is 66.9 Å². The number of aromatic nitrogens is 1. The van der Waals surface area contributed by atoms with Gasteiger partial charge >= 0.3 is 5.97 Å². The Balaban J connectivity index is 1.60. The minimum atomic E-state index is -0.359. The molecule has 3 rings (SSSR count). The van der Waals surface area contributed by atoms with E-state index in [0.717, 1.165) is 25.7 Å². The fourth-order valence-electron chi connectivity index (χ4n) is 2.59. The normalized spacial score (nSPS) is 20.2. The second kappa shape index (κ2) is 8.08. The van der Waals surface area contributed by atoms with Crippen LogP contribution in [-0.4, -0.2) is 49.6 Å². The predicted octanol–water partition coefficient (Wildman–Crippen LogP) is 2.74. The minimum Gasteiger partial charge on any atom is -0.473 e. The number of pyridine rings is 1. The third-order valence-corrected chi connectivity index (χ3v) is 4.50. The van der Waals surface area contributed by atoms with E-state index in [9.17, 15) is 4.79 Å². The van der Waals surface area contributed by atoms with Crippen LogP contribution in [0.3, 0.4) is 0 Å². The third-order valence-electron chi connectivity index (χ3n) is 3.93. The molecule has 0 atom stereocenters. The van der Waals surface area contributed by atoms with Crippen LogP contribution in [0.15, 0.2) is 16.7 Å². The van der Waals surface area contributed by atoms with Gasteiger partial charge in [0.2, 0.25) is 5.88 Å². The molecule has 0 aromatic carbocycles. The molecule has 0 radical (unpaired) electrons. The Morgan fingerprint density at radius 1 is 1.09 bits per heavy atom. The molecular weight excluding hydrogens is 366 g/mol. The Kier molecular flexibility index (Phi) is 5.85. The van der Waals surface area contributed by atoms with Crippen LogP contribution >= 0.6 is 15.9 Å². The van der Waals surface area contributed by atoms with Gasteiger partial charge in [-0.05, 0) is 22.0 Å². The predicted molar refractivity (Wildman–Crippen MR) is 85.7 cm³/mol. The first-order chi connectivity index (χ1) is 11.2. The van der Waals surface area contributed by atoms with Crippen LogP contribution in [0.1, 0.15) is 36.0 Å². The molecule has 0 aliphatic carbocycles. The zero-order valence-corrected chi connectivity index (χ0v) is 14.4. The number of carbonyl (C=O) groups is 1. The molecule has 0 unspecified atom stereocenters. The van der Waals surface area contributed by atoms with Crippen molar-refractivity contribution in [2.45, 2.75) is 37.9 Å². The summed E-state index contributed by atoms with van der Waals surface area (Å²) in [5.74, 6) is 0.141. The average Bonchev–Trinajstić information content (AvgIpc) is 2.58. The van der Waals surface area contributed by atoms with E-state index in [1.165, 1.54) is 6.20 Å². The first kappa shape index (κ1) is 16.7. The Morgan fingerprint density at radius 3 is 2.30 bits per heavy atom. The summed E-state index contributed by atoms with van der Waals surface area (Å²) in [6, 6.07) is 1.70. The van der Waals surface area contributed by atoms with Gasteiger partial charge in [0, 0.05) is 31.9 Å². The van der Waals surface area contributed by atoms with Gasteiger partial charge in [0.25, 0.3) is 0 Å². The van der Waals surface area contributed by atoms with Crippen LogP contribution in [-0.2, 0) is 14.2 Å². The average molecular weight is 386 g/mol. The smallest absolute Gasteiger partial charge is 0.340 e. The second-order valence-electron chi connectivity index (χ2n) is 5.66. The molecule has 3 heterocycles. The van der Waals surface area contributed by atoms with Crippen molar-refractivity contribution < 1.29 is 23.7 Å². The monoisotopic (exact) mass is 385 g/mol. The largest absolute Gasteiger partial charge is 0.473 e. The fourth-order valence-corrected chi connectivity index (χ4v) is 3.03. The van der Waals surface area contributed by atoms with Crippen molar-refractivity contribution in [2.75, 3.05) is 26.4 Å². The maximum Gasteiger partial charge on any atom is 0.340 e. The molecule has 0 bridgehead atoms. The number of hydrogen-bond acceptors (Lipinski definition) is 6. The van der Waals surface area contributed by atoms with Crippen LogP contribution in [0.25, 0.3) is 0 Å². The molecule has 1 aromatic heterocycles. The summed E-state index contributed by atoms with van der Waals surface area (Å²) in [4.78, 5) is 16.4. The zero-order valence-electron chi connectivity index (χ0n) is 12.8. The number of esters is 1. The van der Waals surface area contributed by atoms with E-state index < -0.39 is 0 Å². The van der Waals surface area contributed by atoms with E-state index in [-0.39, 0.29) is 18.2 Å².